The average molecular weight is 563 g/mol. The van der Waals surface area contributed by atoms with Crippen molar-refractivity contribution >= 4 is 38.9 Å². The Morgan fingerprint density at radius 3 is 1.32 bits per heavy atom. The molecule has 2 nitrogen and oxygen atoms in total. The minimum atomic E-state index is 1.12. The first kappa shape index (κ1) is 25.8. The summed E-state index contributed by atoms with van der Waals surface area (Å²) in [5, 5.41) is 2.50. The molecule has 0 amide bonds. The number of hydrogen-bond donors (Lipinski definition) is 0. The first-order chi connectivity index (χ1) is 21.8. The van der Waals surface area contributed by atoms with Crippen LogP contribution < -0.4 is 4.90 Å². The predicted molar refractivity (Wildman–Crippen MR) is 186 cm³/mol. The lowest BCUT2D eigenvalue weighted by molar-refractivity contribution is 1.18. The van der Waals surface area contributed by atoms with E-state index >= 15 is 0 Å². The van der Waals surface area contributed by atoms with E-state index in [0.29, 0.717) is 0 Å². The number of anilines is 3. The minimum Gasteiger partial charge on any atom is -0.310 e. The van der Waals surface area contributed by atoms with Gasteiger partial charge in [0.1, 0.15) is 0 Å². The van der Waals surface area contributed by atoms with Gasteiger partial charge in [-0.05, 0) is 82.9 Å². The smallest absolute Gasteiger partial charge is 0.0547 e. The third kappa shape index (κ3) is 4.63. The lowest BCUT2D eigenvalue weighted by atomic mass is 10.0. The summed E-state index contributed by atoms with van der Waals surface area (Å²) in [4.78, 5) is 2.31. The van der Waals surface area contributed by atoms with Gasteiger partial charge < -0.3 is 9.47 Å². The van der Waals surface area contributed by atoms with Gasteiger partial charge >= 0.3 is 0 Å². The molecule has 0 bridgehead atoms. The molecule has 0 fully saturated rings. The quantitative estimate of drug-likeness (QED) is 0.196. The van der Waals surface area contributed by atoms with E-state index in [2.05, 4.69) is 191 Å². The van der Waals surface area contributed by atoms with E-state index in [0.717, 1.165) is 22.7 Å². The molecule has 0 saturated heterocycles. The third-order valence-electron chi connectivity index (χ3n) is 8.36. The van der Waals surface area contributed by atoms with Crippen molar-refractivity contribution in [1.29, 1.82) is 0 Å². The maximum Gasteiger partial charge on any atom is 0.0547 e. The molecular weight excluding hydrogens is 532 g/mol. The molecular formula is C42H30N2. The van der Waals surface area contributed by atoms with Crippen molar-refractivity contribution < 1.29 is 0 Å². The van der Waals surface area contributed by atoms with Crippen LogP contribution in [-0.4, -0.2) is 4.57 Å². The van der Waals surface area contributed by atoms with Crippen LogP contribution in [0.4, 0.5) is 17.1 Å². The molecule has 208 valence electrons. The normalized spacial score (nSPS) is 11.2. The van der Waals surface area contributed by atoms with E-state index in [4.69, 9.17) is 0 Å². The second-order valence-electron chi connectivity index (χ2n) is 11.1. The van der Waals surface area contributed by atoms with E-state index < -0.39 is 0 Å². The van der Waals surface area contributed by atoms with Gasteiger partial charge in [-0.15, -0.1) is 0 Å². The van der Waals surface area contributed by atoms with E-state index in [-0.39, 0.29) is 0 Å². The molecule has 1 heterocycles. The fraction of sp³-hybridized carbons (Fsp3) is 0. The number of aromatic nitrogens is 1. The molecule has 8 aromatic rings. The zero-order valence-corrected chi connectivity index (χ0v) is 24.2. The van der Waals surface area contributed by atoms with E-state index in [9.17, 15) is 0 Å². The first-order valence-corrected chi connectivity index (χ1v) is 15.0. The standard InChI is InChI=1S/C42H30N2/c1-5-14-31(15-6-1)33-24-26-39-40-27-25-34(30-42(40)44(41(39)29-33)37-21-11-4-12-22-37)32-16-13-23-38(28-32)43(35-17-7-2-8-18-35)36-19-9-3-10-20-36/h1-30H. The molecule has 0 atom stereocenters. The summed E-state index contributed by atoms with van der Waals surface area (Å²) in [7, 11) is 0. The van der Waals surface area contributed by atoms with Crippen molar-refractivity contribution in [3.8, 4) is 27.9 Å². The highest BCUT2D eigenvalue weighted by molar-refractivity contribution is 6.11. The molecule has 0 aliphatic carbocycles. The van der Waals surface area contributed by atoms with E-state index in [1.807, 2.05) is 0 Å². The average Bonchev–Trinajstić information content (AvgIpc) is 3.43. The van der Waals surface area contributed by atoms with Gasteiger partial charge in [-0.1, -0.05) is 121 Å². The molecule has 0 saturated carbocycles. The third-order valence-corrected chi connectivity index (χ3v) is 8.36. The Hall–Kier alpha value is -5.86. The molecule has 1 aromatic heterocycles. The zero-order valence-electron chi connectivity index (χ0n) is 24.2. The predicted octanol–water partition coefficient (Wildman–Crippen LogP) is 11.6. The molecule has 0 N–H and O–H groups in total. The molecule has 7 aromatic carbocycles. The van der Waals surface area contributed by atoms with Gasteiger partial charge in [-0.2, -0.15) is 0 Å². The zero-order chi connectivity index (χ0) is 29.3. The van der Waals surface area contributed by atoms with Crippen LogP contribution in [0.1, 0.15) is 0 Å². The van der Waals surface area contributed by atoms with Crippen LogP contribution in [0.2, 0.25) is 0 Å². The maximum absolute atomic E-state index is 2.41. The number of para-hydroxylation sites is 3. The monoisotopic (exact) mass is 562 g/mol. The summed E-state index contributed by atoms with van der Waals surface area (Å²) in [6.45, 7) is 0. The van der Waals surface area contributed by atoms with Crippen molar-refractivity contribution in [2.75, 3.05) is 4.90 Å². The summed E-state index contributed by atoms with van der Waals surface area (Å²) < 4.78 is 2.41. The minimum absolute atomic E-state index is 1.12. The van der Waals surface area contributed by atoms with Gasteiger partial charge in [-0.3, -0.25) is 0 Å². The van der Waals surface area contributed by atoms with Gasteiger partial charge in [0.25, 0.3) is 0 Å². The van der Waals surface area contributed by atoms with Crippen LogP contribution in [0.25, 0.3) is 49.7 Å². The Bertz CT molecular complexity index is 2160. The summed E-state index contributed by atoms with van der Waals surface area (Å²) in [6.07, 6.45) is 0. The van der Waals surface area contributed by atoms with E-state index in [1.165, 1.54) is 44.1 Å². The molecule has 8 rings (SSSR count). The Morgan fingerprint density at radius 2 is 0.750 bits per heavy atom. The summed E-state index contributed by atoms with van der Waals surface area (Å²) in [6, 6.07) is 65.0. The summed E-state index contributed by atoms with van der Waals surface area (Å²) in [5.74, 6) is 0. The Kier molecular flexibility index (Phi) is 6.51. The van der Waals surface area contributed by atoms with Crippen LogP contribution in [-0.2, 0) is 0 Å². The second-order valence-corrected chi connectivity index (χ2v) is 11.1. The molecule has 2 heteroatoms. The Morgan fingerprint density at radius 1 is 0.318 bits per heavy atom. The Balaban J connectivity index is 1.31. The van der Waals surface area contributed by atoms with Gasteiger partial charge in [-0.25, -0.2) is 0 Å². The molecule has 0 unspecified atom stereocenters. The lowest BCUT2D eigenvalue weighted by Crippen LogP contribution is -2.09. The lowest BCUT2D eigenvalue weighted by Gasteiger charge is -2.26. The fourth-order valence-electron chi connectivity index (χ4n) is 6.29. The largest absolute Gasteiger partial charge is 0.310 e. The van der Waals surface area contributed by atoms with Gasteiger partial charge in [0.15, 0.2) is 0 Å². The van der Waals surface area contributed by atoms with Gasteiger partial charge in [0.05, 0.1) is 11.0 Å². The molecule has 0 spiro atoms. The number of nitrogens with zero attached hydrogens (tertiary/aromatic N) is 2. The molecule has 0 aliphatic heterocycles. The number of benzene rings is 7. The maximum atomic E-state index is 2.41. The number of hydrogen-bond acceptors (Lipinski definition) is 1. The van der Waals surface area contributed by atoms with Crippen LogP contribution in [0, 0.1) is 0 Å². The molecule has 44 heavy (non-hydrogen) atoms. The topological polar surface area (TPSA) is 8.17 Å². The summed E-state index contributed by atoms with van der Waals surface area (Å²) >= 11 is 0. The first-order valence-electron chi connectivity index (χ1n) is 15.0. The number of fused-ring (bicyclic) bond motifs is 3. The highest BCUT2D eigenvalue weighted by Gasteiger charge is 2.16. The van der Waals surface area contributed by atoms with Gasteiger partial charge in [0.2, 0.25) is 0 Å². The van der Waals surface area contributed by atoms with Crippen LogP contribution >= 0.6 is 0 Å². The van der Waals surface area contributed by atoms with Gasteiger partial charge in [0, 0.05) is 33.5 Å². The fourth-order valence-corrected chi connectivity index (χ4v) is 6.29. The van der Waals surface area contributed by atoms with Crippen molar-refractivity contribution in [1.82, 2.24) is 4.57 Å². The van der Waals surface area contributed by atoms with Crippen LogP contribution in [0.15, 0.2) is 182 Å². The highest BCUT2D eigenvalue weighted by Crippen LogP contribution is 2.39. The van der Waals surface area contributed by atoms with E-state index in [1.54, 1.807) is 0 Å². The molecule has 0 radical (unpaired) electrons. The summed E-state index contributed by atoms with van der Waals surface area (Å²) in [5.41, 5.74) is 11.7. The number of rotatable bonds is 6. The molecule has 0 aliphatic rings. The Labute approximate surface area is 257 Å². The van der Waals surface area contributed by atoms with Crippen molar-refractivity contribution in [2.24, 2.45) is 0 Å². The second kappa shape index (κ2) is 11.1. The van der Waals surface area contributed by atoms with Crippen molar-refractivity contribution in [3.63, 3.8) is 0 Å². The highest BCUT2D eigenvalue weighted by atomic mass is 15.1. The van der Waals surface area contributed by atoms with Crippen molar-refractivity contribution in [2.45, 2.75) is 0 Å². The van der Waals surface area contributed by atoms with Crippen LogP contribution in [0.5, 0.6) is 0 Å². The SMILES string of the molecule is c1ccc(-c2ccc3c4ccc(-c5cccc(N(c6ccccc6)c6ccccc6)c5)cc4n(-c4ccccc4)c3c2)cc1. The van der Waals surface area contributed by atoms with Crippen LogP contribution in [0.3, 0.4) is 0 Å². The van der Waals surface area contributed by atoms with Crippen molar-refractivity contribution in [3.05, 3.63) is 182 Å².